The van der Waals surface area contributed by atoms with Gasteiger partial charge in [0.15, 0.2) is 0 Å². The number of benzene rings is 5. The summed E-state index contributed by atoms with van der Waals surface area (Å²) in [4.78, 5) is 10.5. The van der Waals surface area contributed by atoms with E-state index < -0.39 is 32.6 Å². The quantitative estimate of drug-likeness (QED) is 0.124. The molecule has 0 bridgehead atoms. The summed E-state index contributed by atoms with van der Waals surface area (Å²) in [6.07, 6.45) is -2.79. The summed E-state index contributed by atoms with van der Waals surface area (Å²) in [5, 5.41) is 10.7. The molecule has 6 aromatic rings. The molecule has 6 rings (SSSR count). The number of halogens is 4. The molecule has 0 aliphatic rings. The second-order valence-electron chi connectivity index (χ2n) is 12.2. The molecule has 0 spiro atoms. The number of aryl methyl sites for hydroxylation is 2. The van der Waals surface area contributed by atoms with Crippen molar-refractivity contribution < 1.29 is 31.5 Å². The van der Waals surface area contributed by atoms with Gasteiger partial charge in [-0.2, -0.15) is 13.2 Å². The molecule has 5 aromatic carbocycles. The van der Waals surface area contributed by atoms with Gasteiger partial charge in [-0.1, -0.05) is 96.5 Å². The minimum Gasteiger partial charge on any atom is -0.478 e. The third-order valence-electron chi connectivity index (χ3n) is 8.90. The van der Waals surface area contributed by atoms with Crippen molar-refractivity contribution in [3.05, 3.63) is 171 Å². The van der Waals surface area contributed by atoms with Gasteiger partial charge in [0.25, 0.3) is 0 Å². The summed E-state index contributed by atoms with van der Waals surface area (Å²) in [6.45, 7) is -0.168. The minimum absolute atomic E-state index is 0.165. The van der Waals surface area contributed by atoms with Crippen LogP contribution in [0.4, 0.5) is 13.2 Å². The molecule has 0 saturated heterocycles. The van der Waals surface area contributed by atoms with E-state index in [0.717, 1.165) is 57.0 Å². The summed E-state index contributed by atoms with van der Waals surface area (Å²) in [6, 6.07) is 36.0. The zero-order valence-electron chi connectivity index (χ0n) is 27.3. The maximum Gasteiger partial charge on any atom is 0.417 e. The first-order valence-corrected chi connectivity index (χ1v) is 18.2. The number of carboxylic acids is 1. The summed E-state index contributed by atoms with van der Waals surface area (Å²) in [7, 11) is -4.54. The number of alkyl halides is 3. The van der Waals surface area contributed by atoms with E-state index in [-0.39, 0.29) is 24.6 Å². The average Bonchev–Trinajstić information content (AvgIpc) is 3.40. The Kier molecular flexibility index (Phi) is 10.7. The molecule has 1 aromatic heterocycles. The van der Waals surface area contributed by atoms with E-state index >= 15 is 0 Å². The standard InChI is InChI=1S/C40H34ClF3N2O4S/c41-31-22-23-35-33(26-31)32(15-9-10-27-18-20-30(21-19-27)39(47)48)36(24-25-45-51(49,50)37-17-8-7-16-34(37)40(42,43)44)46(35)38(28-11-3-1-4-12-28)29-13-5-2-6-14-29/h1-8,11-14,16-23,26,38,45H,9-10,15,24-25H2,(H,47,48). The monoisotopic (exact) mass is 730 g/mol. The Bertz CT molecular complexity index is 2220. The van der Waals surface area contributed by atoms with E-state index in [9.17, 15) is 31.5 Å². The van der Waals surface area contributed by atoms with Crippen molar-refractivity contribution >= 4 is 38.5 Å². The zero-order valence-corrected chi connectivity index (χ0v) is 28.8. The van der Waals surface area contributed by atoms with Gasteiger partial charge in [-0.25, -0.2) is 17.9 Å². The molecule has 11 heteroatoms. The summed E-state index contributed by atoms with van der Waals surface area (Å²) in [5.74, 6) is -1.00. The first-order valence-electron chi connectivity index (χ1n) is 16.3. The number of fused-ring (bicyclic) bond motifs is 1. The predicted molar refractivity (Wildman–Crippen MR) is 193 cm³/mol. The summed E-state index contributed by atoms with van der Waals surface area (Å²) in [5.41, 5.74) is 4.55. The molecule has 2 N–H and O–H groups in total. The van der Waals surface area contributed by atoms with Gasteiger partial charge in [-0.15, -0.1) is 0 Å². The third kappa shape index (κ3) is 8.04. The highest BCUT2D eigenvalue weighted by Gasteiger charge is 2.37. The van der Waals surface area contributed by atoms with Crippen molar-refractivity contribution in [3.8, 4) is 0 Å². The van der Waals surface area contributed by atoms with Gasteiger partial charge in [0, 0.05) is 34.6 Å². The number of aromatic carboxylic acids is 1. The predicted octanol–water partition coefficient (Wildman–Crippen LogP) is 9.35. The Morgan fingerprint density at radius 1 is 0.784 bits per heavy atom. The van der Waals surface area contributed by atoms with Crippen molar-refractivity contribution in [3.63, 3.8) is 0 Å². The lowest BCUT2D eigenvalue weighted by Gasteiger charge is -2.25. The highest BCUT2D eigenvalue weighted by molar-refractivity contribution is 7.89. The van der Waals surface area contributed by atoms with Gasteiger partial charge in [0.05, 0.1) is 22.1 Å². The fourth-order valence-electron chi connectivity index (χ4n) is 6.61. The number of nitrogens with one attached hydrogen (secondary N) is 1. The van der Waals surface area contributed by atoms with E-state index in [1.807, 2.05) is 78.9 Å². The molecule has 0 atom stereocenters. The second-order valence-corrected chi connectivity index (χ2v) is 14.3. The molecule has 6 nitrogen and oxygen atoms in total. The number of aromatic nitrogens is 1. The largest absolute Gasteiger partial charge is 0.478 e. The van der Waals surface area contributed by atoms with Crippen molar-refractivity contribution in [2.45, 2.75) is 42.8 Å². The van der Waals surface area contributed by atoms with Gasteiger partial charge < -0.3 is 9.67 Å². The van der Waals surface area contributed by atoms with Crippen LogP contribution in [-0.2, 0) is 35.5 Å². The lowest BCUT2D eigenvalue weighted by atomic mass is 9.97. The van der Waals surface area contributed by atoms with Crippen LogP contribution in [0.2, 0.25) is 5.02 Å². The first kappa shape index (κ1) is 35.9. The zero-order chi connectivity index (χ0) is 36.2. The Balaban J connectivity index is 1.44. The van der Waals surface area contributed by atoms with Gasteiger partial charge >= 0.3 is 12.1 Å². The average molecular weight is 731 g/mol. The van der Waals surface area contributed by atoms with Crippen LogP contribution in [0, 0.1) is 0 Å². The lowest BCUT2D eigenvalue weighted by molar-refractivity contribution is -0.139. The molecule has 0 unspecified atom stereocenters. The molecule has 0 radical (unpaired) electrons. The van der Waals surface area contributed by atoms with E-state index in [0.29, 0.717) is 24.3 Å². The molecular weight excluding hydrogens is 697 g/mol. The van der Waals surface area contributed by atoms with Crippen molar-refractivity contribution in [1.29, 1.82) is 0 Å². The lowest BCUT2D eigenvalue weighted by Crippen LogP contribution is -2.29. The fourth-order valence-corrected chi connectivity index (χ4v) is 8.04. The SMILES string of the molecule is O=C(O)c1ccc(CCCc2c(CCNS(=O)(=O)c3ccccc3C(F)(F)F)n(C(c3ccccc3)c3ccccc3)c3ccc(Cl)cc23)cc1. The van der Waals surface area contributed by atoms with Gasteiger partial charge in [-0.3, -0.25) is 0 Å². The van der Waals surface area contributed by atoms with Crippen LogP contribution in [0.5, 0.6) is 0 Å². The minimum atomic E-state index is -4.85. The Hall–Kier alpha value is -4.90. The number of carboxylic acid groups (broad SMARTS) is 1. The van der Waals surface area contributed by atoms with Crippen LogP contribution in [0.1, 0.15) is 56.3 Å². The number of nitrogens with zero attached hydrogens (tertiary/aromatic N) is 1. The third-order valence-corrected chi connectivity index (χ3v) is 10.7. The van der Waals surface area contributed by atoms with Crippen LogP contribution in [0.25, 0.3) is 10.9 Å². The van der Waals surface area contributed by atoms with Crippen molar-refractivity contribution in [2.75, 3.05) is 6.54 Å². The normalized spacial score (nSPS) is 12.1. The second kappa shape index (κ2) is 15.1. The van der Waals surface area contributed by atoms with Crippen LogP contribution in [0.3, 0.4) is 0 Å². The van der Waals surface area contributed by atoms with Crippen LogP contribution in [-0.4, -0.2) is 30.6 Å². The number of hydrogen-bond donors (Lipinski definition) is 2. The number of sulfonamides is 1. The smallest absolute Gasteiger partial charge is 0.417 e. The number of hydrogen-bond acceptors (Lipinski definition) is 3. The molecule has 0 aliphatic heterocycles. The topological polar surface area (TPSA) is 88.4 Å². The van der Waals surface area contributed by atoms with Crippen LogP contribution >= 0.6 is 11.6 Å². The molecule has 1 heterocycles. The van der Waals surface area contributed by atoms with Gasteiger partial charge in [-0.05, 0) is 84.0 Å². The molecule has 51 heavy (non-hydrogen) atoms. The van der Waals surface area contributed by atoms with E-state index in [2.05, 4.69) is 9.29 Å². The highest BCUT2D eigenvalue weighted by Crippen LogP contribution is 2.38. The number of rotatable bonds is 13. The van der Waals surface area contributed by atoms with Crippen LogP contribution in [0.15, 0.2) is 132 Å². The molecule has 0 fully saturated rings. The molecular formula is C40H34ClF3N2O4S. The summed E-state index contributed by atoms with van der Waals surface area (Å²) < 4.78 is 72.8. The van der Waals surface area contributed by atoms with Crippen LogP contribution < -0.4 is 4.72 Å². The molecule has 0 aliphatic carbocycles. The fraction of sp³-hybridized carbons (Fsp3) is 0.175. The molecule has 262 valence electrons. The van der Waals surface area contributed by atoms with E-state index in [1.54, 1.807) is 24.3 Å². The Morgan fingerprint density at radius 2 is 1.39 bits per heavy atom. The Labute approximate surface area is 299 Å². The first-order chi connectivity index (χ1) is 24.4. The van der Waals surface area contributed by atoms with Gasteiger partial charge in [0.2, 0.25) is 10.0 Å². The van der Waals surface area contributed by atoms with Crippen molar-refractivity contribution in [1.82, 2.24) is 9.29 Å². The van der Waals surface area contributed by atoms with Crippen molar-refractivity contribution in [2.24, 2.45) is 0 Å². The molecule has 0 saturated carbocycles. The van der Waals surface area contributed by atoms with E-state index in [1.165, 1.54) is 6.07 Å². The summed E-state index contributed by atoms with van der Waals surface area (Å²) >= 11 is 6.58. The van der Waals surface area contributed by atoms with E-state index in [4.69, 9.17) is 11.6 Å². The maximum atomic E-state index is 13.8. The number of carbonyl (C=O) groups is 1. The molecule has 0 amide bonds. The highest BCUT2D eigenvalue weighted by atomic mass is 35.5. The Morgan fingerprint density at radius 3 is 2.00 bits per heavy atom. The van der Waals surface area contributed by atoms with Gasteiger partial charge in [0.1, 0.15) is 0 Å². The maximum absolute atomic E-state index is 13.8.